The molecule has 1 aliphatic rings. The molecule has 4 rings (SSSR count). The third-order valence-electron chi connectivity index (χ3n) is 5.92. The van der Waals surface area contributed by atoms with E-state index in [2.05, 4.69) is 10.6 Å². The van der Waals surface area contributed by atoms with E-state index in [0.29, 0.717) is 11.3 Å². The quantitative estimate of drug-likeness (QED) is 0.568. The number of hydrogen-bond donors (Lipinski definition) is 2. The maximum absolute atomic E-state index is 13.3. The van der Waals surface area contributed by atoms with Gasteiger partial charge in [0, 0.05) is 19.2 Å². The second-order valence-corrected chi connectivity index (χ2v) is 8.20. The fourth-order valence-electron chi connectivity index (χ4n) is 4.04. The van der Waals surface area contributed by atoms with E-state index in [1.165, 1.54) is 11.8 Å². The summed E-state index contributed by atoms with van der Waals surface area (Å²) in [6, 6.07) is 21.4. The first kappa shape index (κ1) is 23.8. The van der Waals surface area contributed by atoms with Crippen molar-refractivity contribution in [3.05, 3.63) is 83.9 Å². The number of alkyl carbamates (subject to hydrolysis) is 1. The monoisotopic (exact) mass is 473 g/mol. The van der Waals surface area contributed by atoms with Crippen molar-refractivity contribution in [1.29, 1.82) is 0 Å². The average Bonchev–Trinajstić information content (AvgIpc) is 2.97. The Hall–Kier alpha value is -4.33. The minimum atomic E-state index is -1.11. The molecule has 180 valence electrons. The maximum atomic E-state index is 13.3. The van der Waals surface area contributed by atoms with Crippen LogP contribution in [-0.4, -0.2) is 38.2 Å². The number of fused-ring (bicyclic) bond motifs is 3. The molecule has 0 radical (unpaired) electrons. The van der Waals surface area contributed by atoms with Crippen LogP contribution in [0.5, 0.6) is 5.75 Å². The molecule has 0 saturated carbocycles. The summed E-state index contributed by atoms with van der Waals surface area (Å²) < 4.78 is 10.4. The first-order valence-corrected chi connectivity index (χ1v) is 11.2. The zero-order valence-corrected chi connectivity index (χ0v) is 19.8. The summed E-state index contributed by atoms with van der Waals surface area (Å²) in [5, 5.41) is 5.39. The molecule has 8 nitrogen and oxygen atoms in total. The normalized spacial score (nSPS) is 15.2. The molecule has 8 heteroatoms. The topological polar surface area (TPSA) is 97.0 Å². The average molecular weight is 474 g/mol. The van der Waals surface area contributed by atoms with E-state index >= 15 is 0 Å². The van der Waals surface area contributed by atoms with Crippen LogP contribution in [-0.2, 0) is 20.9 Å². The molecular weight excluding hydrogens is 446 g/mol. The summed E-state index contributed by atoms with van der Waals surface area (Å²) in [5.41, 5.74) is 4.01. The number of para-hydroxylation sites is 1. The number of anilines is 1. The number of carbonyl (C=O) groups is 3. The van der Waals surface area contributed by atoms with E-state index < -0.39 is 24.1 Å². The number of amides is 3. The molecule has 0 spiro atoms. The Morgan fingerprint density at radius 1 is 1.00 bits per heavy atom. The van der Waals surface area contributed by atoms with E-state index in [0.717, 1.165) is 22.4 Å². The van der Waals surface area contributed by atoms with E-state index in [4.69, 9.17) is 9.47 Å². The summed E-state index contributed by atoms with van der Waals surface area (Å²) in [6.07, 6.45) is -1.86. The zero-order valence-electron chi connectivity index (χ0n) is 19.8. The van der Waals surface area contributed by atoms with E-state index in [1.807, 2.05) is 60.7 Å². The number of methoxy groups -OCH3 is 1. The summed E-state index contributed by atoms with van der Waals surface area (Å²) >= 11 is 0. The van der Waals surface area contributed by atoms with Crippen molar-refractivity contribution in [1.82, 2.24) is 10.6 Å². The van der Waals surface area contributed by atoms with Crippen molar-refractivity contribution in [2.75, 3.05) is 19.1 Å². The zero-order chi connectivity index (χ0) is 24.9. The second kappa shape index (κ2) is 10.3. The minimum Gasteiger partial charge on any atom is -0.497 e. The lowest BCUT2D eigenvalue weighted by atomic mass is 9.95. The van der Waals surface area contributed by atoms with Gasteiger partial charge in [0.15, 0.2) is 6.10 Å². The van der Waals surface area contributed by atoms with Gasteiger partial charge >= 0.3 is 6.09 Å². The van der Waals surface area contributed by atoms with Crippen LogP contribution in [0.1, 0.15) is 24.1 Å². The Balaban J connectivity index is 1.45. The van der Waals surface area contributed by atoms with Crippen molar-refractivity contribution in [2.45, 2.75) is 25.6 Å². The van der Waals surface area contributed by atoms with Gasteiger partial charge in [-0.2, -0.15) is 0 Å². The van der Waals surface area contributed by atoms with Crippen molar-refractivity contribution in [3.8, 4) is 16.9 Å². The molecular formula is C27H27N3O5. The van der Waals surface area contributed by atoms with Crippen molar-refractivity contribution in [2.24, 2.45) is 0 Å². The molecule has 35 heavy (non-hydrogen) atoms. The van der Waals surface area contributed by atoms with Crippen molar-refractivity contribution < 1.29 is 23.9 Å². The predicted molar refractivity (Wildman–Crippen MR) is 132 cm³/mol. The van der Waals surface area contributed by atoms with Gasteiger partial charge in [0.2, 0.25) is 0 Å². The second-order valence-electron chi connectivity index (χ2n) is 8.20. The highest BCUT2D eigenvalue weighted by Gasteiger charge is 2.34. The number of benzene rings is 3. The third kappa shape index (κ3) is 5.11. The SMILES string of the molecule is COc1cccc(CNC(=O)O[C@@H](C)C(=O)NC2C(=O)N(C)c3ccccc3-c3ccccc32)c1. The maximum Gasteiger partial charge on any atom is 0.408 e. The van der Waals surface area contributed by atoms with Crippen LogP contribution < -0.4 is 20.3 Å². The number of rotatable bonds is 6. The molecule has 3 aromatic carbocycles. The molecule has 2 N–H and O–H groups in total. The van der Waals surface area contributed by atoms with Gasteiger partial charge in [-0.05, 0) is 41.8 Å². The van der Waals surface area contributed by atoms with Crippen LogP contribution in [0.25, 0.3) is 11.1 Å². The van der Waals surface area contributed by atoms with Crippen LogP contribution >= 0.6 is 0 Å². The summed E-state index contributed by atoms with van der Waals surface area (Å²) in [7, 11) is 3.24. The molecule has 3 aromatic rings. The molecule has 0 fully saturated rings. The highest BCUT2D eigenvalue weighted by Crippen LogP contribution is 2.39. The van der Waals surface area contributed by atoms with Gasteiger partial charge in [-0.1, -0.05) is 54.6 Å². The Morgan fingerprint density at radius 2 is 1.71 bits per heavy atom. The van der Waals surface area contributed by atoms with Crippen LogP contribution in [0, 0.1) is 0 Å². The largest absolute Gasteiger partial charge is 0.497 e. The Morgan fingerprint density at radius 3 is 2.49 bits per heavy atom. The van der Waals surface area contributed by atoms with Crippen LogP contribution in [0.3, 0.4) is 0 Å². The van der Waals surface area contributed by atoms with Crippen LogP contribution in [0.4, 0.5) is 10.5 Å². The highest BCUT2D eigenvalue weighted by molar-refractivity contribution is 6.06. The number of nitrogens with zero attached hydrogens (tertiary/aromatic N) is 1. The molecule has 2 atom stereocenters. The molecule has 1 unspecified atom stereocenters. The van der Waals surface area contributed by atoms with Crippen molar-refractivity contribution >= 4 is 23.6 Å². The number of ether oxygens (including phenoxy) is 2. The molecule has 0 bridgehead atoms. The van der Waals surface area contributed by atoms with E-state index in [-0.39, 0.29) is 12.5 Å². The Bertz CT molecular complexity index is 1260. The number of hydrogen-bond acceptors (Lipinski definition) is 5. The number of nitrogens with one attached hydrogen (secondary N) is 2. The summed E-state index contributed by atoms with van der Waals surface area (Å²) in [4.78, 5) is 40.1. The van der Waals surface area contributed by atoms with Crippen molar-refractivity contribution in [3.63, 3.8) is 0 Å². The molecule has 0 aliphatic carbocycles. The van der Waals surface area contributed by atoms with Gasteiger partial charge in [0.25, 0.3) is 11.8 Å². The molecule has 0 aromatic heterocycles. The third-order valence-corrected chi connectivity index (χ3v) is 5.92. The Kier molecular flexibility index (Phi) is 7.01. The predicted octanol–water partition coefficient (Wildman–Crippen LogP) is 3.81. The van der Waals surface area contributed by atoms with E-state index in [9.17, 15) is 14.4 Å². The van der Waals surface area contributed by atoms with Crippen LogP contribution in [0.2, 0.25) is 0 Å². The fraction of sp³-hybridized carbons (Fsp3) is 0.222. The molecule has 3 amide bonds. The van der Waals surface area contributed by atoms with Gasteiger partial charge in [0.1, 0.15) is 11.8 Å². The first-order valence-electron chi connectivity index (χ1n) is 11.2. The minimum absolute atomic E-state index is 0.210. The fourth-order valence-corrected chi connectivity index (χ4v) is 4.04. The van der Waals surface area contributed by atoms with Gasteiger partial charge in [-0.25, -0.2) is 4.79 Å². The lowest BCUT2D eigenvalue weighted by molar-refractivity contribution is -0.132. The lowest BCUT2D eigenvalue weighted by Crippen LogP contribution is -2.45. The molecule has 1 aliphatic heterocycles. The van der Waals surface area contributed by atoms with E-state index in [1.54, 1.807) is 26.3 Å². The van der Waals surface area contributed by atoms with Crippen LogP contribution in [0.15, 0.2) is 72.8 Å². The standard InChI is InChI=1S/C27H27N3O5/c1-17(35-27(33)28-16-18-9-8-10-19(15-18)34-3)25(31)29-24-22-13-5-4-11-20(22)21-12-6-7-14-23(21)30(2)26(24)32/h4-15,17,24H,16H2,1-3H3,(H,28,33)(H,29,31)/t17-,24?/m0/s1. The summed E-state index contributed by atoms with van der Waals surface area (Å²) in [5.74, 6) is -0.189. The molecule has 0 saturated heterocycles. The van der Waals surface area contributed by atoms with Gasteiger partial charge < -0.3 is 25.0 Å². The Labute approximate surface area is 203 Å². The summed E-state index contributed by atoms with van der Waals surface area (Å²) in [6.45, 7) is 1.67. The highest BCUT2D eigenvalue weighted by atomic mass is 16.6. The molecule has 1 heterocycles. The first-order chi connectivity index (χ1) is 16.9. The van der Waals surface area contributed by atoms with Gasteiger partial charge in [-0.3, -0.25) is 9.59 Å². The number of likely N-dealkylation sites (N-methyl/N-ethyl adjacent to an activating group) is 1. The smallest absolute Gasteiger partial charge is 0.408 e. The van der Waals surface area contributed by atoms with Gasteiger partial charge in [-0.15, -0.1) is 0 Å². The van der Waals surface area contributed by atoms with Gasteiger partial charge in [0.05, 0.1) is 12.8 Å². The number of carbonyl (C=O) groups excluding carboxylic acids is 3. The lowest BCUT2D eigenvalue weighted by Gasteiger charge is -2.24.